The Labute approximate surface area is 70.8 Å². The van der Waals surface area contributed by atoms with Crippen LogP contribution in [0.4, 0.5) is 5.69 Å². The molecule has 1 aromatic heterocycles. The van der Waals surface area contributed by atoms with Crippen LogP contribution < -0.4 is 11.1 Å². The van der Waals surface area contributed by atoms with Crippen LogP contribution >= 0.6 is 0 Å². The Morgan fingerprint density at radius 3 is 2.92 bits per heavy atom. The lowest BCUT2D eigenvalue weighted by molar-refractivity contribution is -0.114. The van der Waals surface area contributed by atoms with Crippen molar-refractivity contribution >= 4 is 11.6 Å². The van der Waals surface area contributed by atoms with E-state index in [0.29, 0.717) is 5.69 Å². The SMILES string of the molecule is Cc1ccc(NC(=O)CN)cn1. The molecule has 0 fully saturated rings. The molecular weight excluding hydrogens is 154 g/mol. The number of carbonyl (C=O) groups is 1. The standard InChI is InChI=1S/C8H11N3O/c1-6-2-3-7(5-10-6)11-8(12)4-9/h2-3,5H,4,9H2,1H3,(H,11,12). The van der Waals surface area contributed by atoms with Gasteiger partial charge in [-0.3, -0.25) is 9.78 Å². The van der Waals surface area contributed by atoms with Gasteiger partial charge < -0.3 is 11.1 Å². The fraction of sp³-hybridized carbons (Fsp3) is 0.250. The monoisotopic (exact) mass is 165 g/mol. The number of anilines is 1. The third-order valence-electron chi connectivity index (χ3n) is 1.38. The number of aromatic nitrogens is 1. The summed E-state index contributed by atoms with van der Waals surface area (Å²) >= 11 is 0. The largest absolute Gasteiger partial charge is 0.324 e. The van der Waals surface area contributed by atoms with E-state index in [2.05, 4.69) is 10.3 Å². The number of nitrogens with two attached hydrogens (primary N) is 1. The fourth-order valence-corrected chi connectivity index (χ4v) is 0.754. The number of carbonyl (C=O) groups excluding carboxylic acids is 1. The number of nitrogens with zero attached hydrogens (tertiary/aromatic N) is 1. The number of hydrogen-bond acceptors (Lipinski definition) is 3. The first-order valence-electron chi connectivity index (χ1n) is 3.65. The molecule has 12 heavy (non-hydrogen) atoms. The van der Waals surface area contributed by atoms with Gasteiger partial charge >= 0.3 is 0 Å². The third kappa shape index (κ3) is 2.32. The molecule has 0 aromatic carbocycles. The van der Waals surface area contributed by atoms with E-state index >= 15 is 0 Å². The Morgan fingerprint density at radius 2 is 2.42 bits per heavy atom. The first kappa shape index (κ1) is 8.67. The van der Waals surface area contributed by atoms with E-state index in [0.717, 1.165) is 5.69 Å². The Morgan fingerprint density at radius 1 is 1.67 bits per heavy atom. The molecule has 1 amide bonds. The van der Waals surface area contributed by atoms with Gasteiger partial charge in [0.25, 0.3) is 0 Å². The van der Waals surface area contributed by atoms with E-state index in [1.807, 2.05) is 13.0 Å². The van der Waals surface area contributed by atoms with Crippen LogP contribution in [0.2, 0.25) is 0 Å². The van der Waals surface area contributed by atoms with Crippen molar-refractivity contribution in [3.63, 3.8) is 0 Å². The number of pyridine rings is 1. The molecule has 0 aliphatic heterocycles. The normalized spacial score (nSPS) is 9.50. The molecule has 3 N–H and O–H groups in total. The van der Waals surface area contributed by atoms with Gasteiger partial charge in [-0.05, 0) is 19.1 Å². The van der Waals surface area contributed by atoms with Crippen LogP contribution in [0.15, 0.2) is 18.3 Å². The van der Waals surface area contributed by atoms with Crippen molar-refractivity contribution in [2.24, 2.45) is 5.73 Å². The highest BCUT2D eigenvalue weighted by atomic mass is 16.1. The van der Waals surface area contributed by atoms with Gasteiger partial charge in [0, 0.05) is 5.69 Å². The number of amides is 1. The van der Waals surface area contributed by atoms with Crippen molar-refractivity contribution in [2.75, 3.05) is 11.9 Å². The second kappa shape index (κ2) is 3.82. The first-order chi connectivity index (χ1) is 5.72. The topological polar surface area (TPSA) is 68.0 Å². The summed E-state index contributed by atoms with van der Waals surface area (Å²) < 4.78 is 0. The molecule has 0 saturated heterocycles. The molecule has 0 atom stereocenters. The zero-order valence-electron chi connectivity index (χ0n) is 6.87. The van der Waals surface area contributed by atoms with Crippen LogP contribution in [0.5, 0.6) is 0 Å². The zero-order valence-corrected chi connectivity index (χ0v) is 6.87. The van der Waals surface area contributed by atoms with Crippen LogP contribution in [0, 0.1) is 6.92 Å². The number of hydrogen-bond donors (Lipinski definition) is 2. The summed E-state index contributed by atoms with van der Waals surface area (Å²) in [7, 11) is 0. The minimum Gasteiger partial charge on any atom is -0.324 e. The molecule has 0 unspecified atom stereocenters. The van der Waals surface area contributed by atoms with Crippen LogP contribution in [0.1, 0.15) is 5.69 Å². The lowest BCUT2D eigenvalue weighted by Crippen LogP contribution is -2.21. The van der Waals surface area contributed by atoms with Gasteiger partial charge in [0.05, 0.1) is 18.4 Å². The highest BCUT2D eigenvalue weighted by Gasteiger charge is 1.97. The lowest BCUT2D eigenvalue weighted by atomic mass is 10.3. The highest BCUT2D eigenvalue weighted by Crippen LogP contribution is 2.04. The van der Waals surface area contributed by atoms with E-state index in [1.165, 1.54) is 0 Å². The molecule has 1 heterocycles. The second-order valence-electron chi connectivity index (χ2n) is 2.44. The van der Waals surface area contributed by atoms with Gasteiger partial charge in [0.1, 0.15) is 0 Å². The van der Waals surface area contributed by atoms with Gasteiger partial charge in [-0.25, -0.2) is 0 Å². The quantitative estimate of drug-likeness (QED) is 0.661. The maximum absolute atomic E-state index is 10.8. The molecule has 1 aromatic rings. The molecule has 1 rings (SSSR count). The number of nitrogens with one attached hydrogen (secondary N) is 1. The van der Waals surface area contributed by atoms with Crippen LogP contribution in [0.25, 0.3) is 0 Å². The first-order valence-corrected chi connectivity index (χ1v) is 3.65. The Hall–Kier alpha value is -1.42. The molecule has 4 nitrogen and oxygen atoms in total. The maximum Gasteiger partial charge on any atom is 0.238 e. The highest BCUT2D eigenvalue weighted by molar-refractivity contribution is 5.91. The van der Waals surface area contributed by atoms with E-state index in [4.69, 9.17) is 5.73 Å². The van der Waals surface area contributed by atoms with E-state index in [-0.39, 0.29) is 12.5 Å². The smallest absolute Gasteiger partial charge is 0.238 e. The Bertz CT molecular complexity index is 268. The summed E-state index contributed by atoms with van der Waals surface area (Å²) in [5, 5.41) is 2.59. The summed E-state index contributed by atoms with van der Waals surface area (Å²) in [4.78, 5) is 14.8. The zero-order chi connectivity index (χ0) is 8.97. The van der Waals surface area contributed by atoms with Gasteiger partial charge in [-0.1, -0.05) is 0 Å². The predicted octanol–water partition coefficient (Wildman–Crippen LogP) is 0.287. The molecule has 0 saturated carbocycles. The van der Waals surface area contributed by atoms with Gasteiger partial charge in [-0.2, -0.15) is 0 Å². The van der Waals surface area contributed by atoms with Crippen molar-refractivity contribution < 1.29 is 4.79 Å². The minimum absolute atomic E-state index is 0.00607. The summed E-state index contributed by atoms with van der Waals surface area (Å²) in [5.74, 6) is -0.208. The van der Waals surface area contributed by atoms with Crippen LogP contribution in [-0.2, 0) is 4.79 Å². The fourth-order valence-electron chi connectivity index (χ4n) is 0.754. The average Bonchev–Trinajstić information content (AvgIpc) is 2.09. The second-order valence-corrected chi connectivity index (χ2v) is 2.44. The molecule has 0 spiro atoms. The van der Waals surface area contributed by atoms with Crippen molar-refractivity contribution in [2.45, 2.75) is 6.92 Å². The maximum atomic E-state index is 10.8. The minimum atomic E-state index is -0.208. The Balaban J connectivity index is 2.64. The van der Waals surface area contributed by atoms with E-state index in [9.17, 15) is 4.79 Å². The van der Waals surface area contributed by atoms with Crippen LogP contribution in [-0.4, -0.2) is 17.4 Å². The molecule has 0 aliphatic rings. The summed E-state index contributed by atoms with van der Waals surface area (Å²) in [6.45, 7) is 1.88. The van der Waals surface area contributed by atoms with Crippen molar-refractivity contribution in [3.05, 3.63) is 24.0 Å². The molecule has 4 heteroatoms. The summed E-state index contributed by atoms with van der Waals surface area (Å²) in [6.07, 6.45) is 1.60. The summed E-state index contributed by atoms with van der Waals surface area (Å²) in [6, 6.07) is 3.61. The van der Waals surface area contributed by atoms with Crippen molar-refractivity contribution in [3.8, 4) is 0 Å². The van der Waals surface area contributed by atoms with Crippen molar-refractivity contribution in [1.82, 2.24) is 4.98 Å². The van der Waals surface area contributed by atoms with Gasteiger partial charge in [0.15, 0.2) is 0 Å². The number of rotatable bonds is 2. The lowest BCUT2D eigenvalue weighted by Gasteiger charge is -2.01. The Kier molecular flexibility index (Phi) is 2.76. The molecular formula is C8H11N3O. The van der Waals surface area contributed by atoms with Crippen molar-refractivity contribution in [1.29, 1.82) is 0 Å². The van der Waals surface area contributed by atoms with E-state index < -0.39 is 0 Å². The van der Waals surface area contributed by atoms with Gasteiger partial charge in [-0.15, -0.1) is 0 Å². The molecule has 0 bridgehead atoms. The predicted molar refractivity (Wildman–Crippen MR) is 46.7 cm³/mol. The van der Waals surface area contributed by atoms with Crippen LogP contribution in [0.3, 0.4) is 0 Å². The molecule has 0 radical (unpaired) electrons. The molecule has 0 aliphatic carbocycles. The van der Waals surface area contributed by atoms with E-state index in [1.54, 1.807) is 12.3 Å². The molecule has 64 valence electrons. The average molecular weight is 165 g/mol. The van der Waals surface area contributed by atoms with Gasteiger partial charge in [0.2, 0.25) is 5.91 Å². The third-order valence-corrected chi connectivity index (χ3v) is 1.38. The summed E-state index contributed by atoms with van der Waals surface area (Å²) in [5.41, 5.74) is 6.71. The number of aryl methyl sites for hydroxylation is 1.